The summed E-state index contributed by atoms with van der Waals surface area (Å²) < 4.78 is 9.72. The SMILES string of the molecule is N/C(=N\N=Cc1ccoc1)NN=Cc1ccoc1. The highest BCUT2D eigenvalue weighted by Gasteiger charge is 1.89. The average molecular weight is 245 g/mol. The van der Waals surface area contributed by atoms with Gasteiger partial charge in [-0.05, 0) is 12.1 Å². The van der Waals surface area contributed by atoms with E-state index in [-0.39, 0.29) is 5.96 Å². The fourth-order valence-electron chi connectivity index (χ4n) is 1.05. The van der Waals surface area contributed by atoms with Gasteiger partial charge in [0.05, 0.1) is 37.5 Å². The van der Waals surface area contributed by atoms with E-state index in [2.05, 4.69) is 20.7 Å². The van der Waals surface area contributed by atoms with Crippen LogP contribution in [0.15, 0.2) is 61.3 Å². The lowest BCUT2D eigenvalue weighted by Gasteiger charge is -1.94. The summed E-state index contributed by atoms with van der Waals surface area (Å²) in [5.74, 6) is 0.0782. The molecule has 0 aliphatic carbocycles. The standard InChI is InChI=1S/C11H11N5O2/c12-11(15-13-5-9-1-3-17-7-9)16-14-6-10-2-4-18-8-10/h1-8H,(H3,12,15,16). The molecule has 2 aromatic heterocycles. The third-order valence-electron chi connectivity index (χ3n) is 1.85. The van der Waals surface area contributed by atoms with Crippen molar-refractivity contribution in [3.8, 4) is 0 Å². The molecule has 7 heteroatoms. The number of nitrogens with one attached hydrogen (secondary N) is 1. The Morgan fingerprint density at radius 1 is 1.11 bits per heavy atom. The Hall–Kier alpha value is -2.83. The molecule has 0 amide bonds. The maximum absolute atomic E-state index is 5.52. The van der Waals surface area contributed by atoms with Crippen LogP contribution in [-0.2, 0) is 0 Å². The lowest BCUT2D eigenvalue weighted by atomic mass is 10.4. The van der Waals surface area contributed by atoms with Crippen LogP contribution in [0, 0.1) is 0 Å². The van der Waals surface area contributed by atoms with Crippen molar-refractivity contribution in [3.05, 3.63) is 48.3 Å². The average Bonchev–Trinajstić information content (AvgIpc) is 3.01. The zero-order chi connectivity index (χ0) is 12.6. The van der Waals surface area contributed by atoms with Crippen LogP contribution in [0.1, 0.15) is 11.1 Å². The summed E-state index contributed by atoms with van der Waals surface area (Å²) in [4.78, 5) is 0. The zero-order valence-electron chi connectivity index (χ0n) is 9.35. The first-order valence-electron chi connectivity index (χ1n) is 5.04. The van der Waals surface area contributed by atoms with Crippen molar-refractivity contribution >= 4 is 18.4 Å². The van der Waals surface area contributed by atoms with Crippen LogP contribution < -0.4 is 11.2 Å². The maximum Gasteiger partial charge on any atom is 0.234 e. The van der Waals surface area contributed by atoms with Gasteiger partial charge in [-0.2, -0.15) is 10.2 Å². The van der Waals surface area contributed by atoms with E-state index in [1.807, 2.05) is 0 Å². The van der Waals surface area contributed by atoms with Crippen LogP contribution in [-0.4, -0.2) is 18.4 Å². The monoisotopic (exact) mass is 245 g/mol. The first-order chi connectivity index (χ1) is 8.84. The molecule has 0 spiro atoms. The molecule has 2 aromatic rings. The molecule has 2 rings (SSSR count). The second kappa shape index (κ2) is 6.04. The Bertz CT molecular complexity index is 540. The van der Waals surface area contributed by atoms with Gasteiger partial charge in [-0.3, -0.25) is 0 Å². The summed E-state index contributed by atoms with van der Waals surface area (Å²) in [6.45, 7) is 0. The summed E-state index contributed by atoms with van der Waals surface area (Å²) in [6, 6.07) is 3.51. The molecule has 18 heavy (non-hydrogen) atoms. The maximum atomic E-state index is 5.52. The molecule has 0 radical (unpaired) electrons. The Morgan fingerprint density at radius 3 is 2.39 bits per heavy atom. The molecule has 0 aliphatic rings. The van der Waals surface area contributed by atoms with Crippen LogP contribution >= 0.6 is 0 Å². The minimum absolute atomic E-state index is 0.0782. The van der Waals surface area contributed by atoms with E-state index in [0.717, 1.165) is 11.1 Å². The minimum atomic E-state index is 0.0782. The number of hydrogen-bond acceptors (Lipinski definition) is 5. The quantitative estimate of drug-likeness (QED) is 0.479. The Labute approximate surface area is 103 Å². The number of hydrazone groups is 1. The van der Waals surface area contributed by atoms with Gasteiger partial charge in [0, 0.05) is 11.1 Å². The van der Waals surface area contributed by atoms with Crippen LogP contribution in [0.3, 0.4) is 0 Å². The van der Waals surface area contributed by atoms with E-state index in [1.165, 1.54) is 6.21 Å². The summed E-state index contributed by atoms with van der Waals surface area (Å²) in [6.07, 6.45) is 9.24. The third-order valence-corrected chi connectivity index (χ3v) is 1.85. The molecule has 0 unspecified atom stereocenters. The van der Waals surface area contributed by atoms with Crippen molar-refractivity contribution in [2.24, 2.45) is 21.0 Å². The first-order valence-corrected chi connectivity index (χ1v) is 5.04. The number of hydrogen-bond donors (Lipinski definition) is 2. The zero-order valence-corrected chi connectivity index (χ0v) is 9.35. The van der Waals surface area contributed by atoms with Gasteiger partial charge < -0.3 is 14.6 Å². The van der Waals surface area contributed by atoms with Crippen LogP contribution in [0.4, 0.5) is 0 Å². The predicted molar refractivity (Wildman–Crippen MR) is 67.4 cm³/mol. The van der Waals surface area contributed by atoms with Crippen molar-refractivity contribution in [2.45, 2.75) is 0 Å². The lowest BCUT2D eigenvalue weighted by Crippen LogP contribution is -2.26. The van der Waals surface area contributed by atoms with Gasteiger partial charge in [0.2, 0.25) is 5.96 Å². The van der Waals surface area contributed by atoms with Crippen molar-refractivity contribution in [2.75, 3.05) is 0 Å². The molecule has 7 nitrogen and oxygen atoms in total. The smallest absolute Gasteiger partial charge is 0.234 e. The Balaban J connectivity index is 1.82. The lowest BCUT2D eigenvalue weighted by molar-refractivity contribution is 0.567. The number of furan rings is 2. The van der Waals surface area contributed by atoms with Gasteiger partial charge in [-0.1, -0.05) is 0 Å². The predicted octanol–water partition coefficient (Wildman–Crippen LogP) is 1.14. The number of nitrogens with zero attached hydrogens (tertiary/aromatic N) is 3. The van der Waals surface area contributed by atoms with E-state index < -0.39 is 0 Å². The van der Waals surface area contributed by atoms with Crippen LogP contribution in [0.5, 0.6) is 0 Å². The fourth-order valence-corrected chi connectivity index (χ4v) is 1.05. The summed E-state index contributed by atoms with van der Waals surface area (Å²) in [7, 11) is 0. The first kappa shape index (κ1) is 11.6. The molecule has 0 aromatic carbocycles. The van der Waals surface area contributed by atoms with Crippen molar-refractivity contribution in [1.29, 1.82) is 0 Å². The molecule has 0 aliphatic heterocycles. The Kier molecular flexibility index (Phi) is 3.91. The molecule has 2 heterocycles. The van der Waals surface area contributed by atoms with Gasteiger partial charge >= 0.3 is 0 Å². The molecule has 0 bridgehead atoms. The largest absolute Gasteiger partial charge is 0.472 e. The fraction of sp³-hybridized carbons (Fsp3) is 0. The highest BCUT2D eigenvalue weighted by molar-refractivity contribution is 5.83. The molecular weight excluding hydrogens is 234 g/mol. The molecule has 92 valence electrons. The molecule has 0 atom stereocenters. The highest BCUT2D eigenvalue weighted by atomic mass is 16.3. The Morgan fingerprint density at radius 2 is 1.78 bits per heavy atom. The van der Waals surface area contributed by atoms with E-state index >= 15 is 0 Å². The van der Waals surface area contributed by atoms with Gasteiger partial charge in [0.1, 0.15) is 0 Å². The summed E-state index contributed by atoms with van der Waals surface area (Å²) >= 11 is 0. The second-order valence-corrected chi connectivity index (χ2v) is 3.21. The summed E-state index contributed by atoms with van der Waals surface area (Å²) in [5.41, 5.74) is 9.65. The van der Waals surface area contributed by atoms with Gasteiger partial charge in [0.15, 0.2) is 0 Å². The van der Waals surface area contributed by atoms with E-state index in [1.54, 1.807) is 43.4 Å². The van der Waals surface area contributed by atoms with Crippen molar-refractivity contribution < 1.29 is 8.83 Å². The summed E-state index contributed by atoms with van der Waals surface area (Å²) in [5, 5.41) is 11.3. The van der Waals surface area contributed by atoms with Gasteiger partial charge in [-0.15, -0.1) is 5.10 Å². The van der Waals surface area contributed by atoms with E-state index in [4.69, 9.17) is 14.6 Å². The molecule has 0 fully saturated rings. The van der Waals surface area contributed by atoms with Gasteiger partial charge in [-0.25, -0.2) is 5.43 Å². The van der Waals surface area contributed by atoms with Crippen LogP contribution in [0.25, 0.3) is 0 Å². The van der Waals surface area contributed by atoms with E-state index in [9.17, 15) is 0 Å². The highest BCUT2D eigenvalue weighted by Crippen LogP contribution is 1.95. The molecule has 0 saturated carbocycles. The van der Waals surface area contributed by atoms with Gasteiger partial charge in [0.25, 0.3) is 0 Å². The minimum Gasteiger partial charge on any atom is -0.472 e. The van der Waals surface area contributed by atoms with E-state index in [0.29, 0.717) is 0 Å². The number of nitrogens with two attached hydrogens (primary N) is 1. The third kappa shape index (κ3) is 3.63. The van der Waals surface area contributed by atoms with Crippen molar-refractivity contribution in [3.63, 3.8) is 0 Å². The molecule has 0 saturated heterocycles. The number of guanidine groups is 1. The normalized spacial score (nSPS) is 12.6. The van der Waals surface area contributed by atoms with Crippen molar-refractivity contribution in [1.82, 2.24) is 5.43 Å². The van der Waals surface area contributed by atoms with Crippen LogP contribution in [0.2, 0.25) is 0 Å². The molecular formula is C11H11N5O2. The molecule has 3 N–H and O–H groups in total. The second-order valence-electron chi connectivity index (χ2n) is 3.21. The number of rotatable bonds is 4. The topological polar surface area (TPSA) is 101 Å².